The van der Waals surface area contributed by atoms with Crippen LogP contribution in [0.4, 0.5) is 10.1 Å². The maximum Gasteiger partial charge on any atom is 0.170 e. The lowest BCUT2D eigenvalue weighted by molar-refractivity contribution is 0.383. The summed E-state index contributed by atoms with van der Waals surface area (Å²) in [6.07, 6.45) is 1.96. The summed E-state index contributed by atoms with van der Waals surface area (Å²) in [5, 5.41) is 0. The largest absolute Gasteiger partial charge is 0.494 e. The Labute approximate surface area is 106 Å². The van der Waals surface area contributed by atoms with E-state index in [2.05, 4.69) is 16.0 Å². The number of hydrazine groups is 2. The number of nitrogens with two attached hydrogens (primary N) is 1. The normalized spacial score (nSPS) is 11.2. The standard InChI is InChI=1S/C12H19FN4O/c1-8(2)6-9-10(15-7-16-17-14)4-5-11(18-3)12(9)13/h4-5,7-8,17H,6,14H2,1-3H3,(H,15,16). The van der Waals surface area contributed by atoms with Gasteiger partial charge < -0.3 is 4.74 Å². The maximum atomic E-state index is 14.1. The quantitative estimate of drug-likeness (QED) is 0.312. The molecule has 18 heavy (non-hydrogen) atoms. The van der Waals surface area contributed by atoms with Crippen molar-refractivity contribution in [1.82, 2.24) is 11.0 Å². The summed E-state index contributed by atoms with van der Waals surface area (Å²) < 4.78 is 19.1. The van der Waals surface area contributed by atoms with Gasteiger partial charge in [-0.1, -0.05) is 13.8 Å². The molecule has 0 fully saturated rings. The molecule has 0 atom stereocenters. The van der Waals surface area contributed by atoms with Crippen molar-refractivity contribution in [2.75, 3.05) is 7.11 Å². The first-order valence-corrected chi connectivity index (χ1v) is 5.69. The van der Waals surface area contributed by atoms with E-state index >= 15 is 0 Å². The van der Waals surface area contributed by atoms with Crippen molar-refractivity contribution in [3.8, 4) is 5.75 Å². The van der Waals surface area contributed by atoms with Gasteiger partial charge >= 0.3 is 0 Å². The molecule has 1 rings (SSSR count). The highest BCUT2D eigenvalue weighted by molar-refractivity contribution is 5.63. The summed E-state index contributed by atoms with van der Waals surface area (Å²) in [6.45, 7) is 4.04. The van der Waals surface area contributed by atoms with Crippen LogP contribution in [0.1, 0.15) is 19.4 Å². The molecule has 0 aliphatic rings. The molecular weight excluding hydrogens is 235 g/mol. The topological polar surface area (TPSA) is 71.7 Å². The number of ether oxygens (including phenoxy) is 1. The van der Waals surface area contributed by atoms with Crippen molar-refractivity contribution in [2.24, 2.45) is 16.8 Å². The fourth-order valence-electron chi connectivity index (χ4n) is 1.61. The molecule has 0 bridgehead atoms. The van der Waals surface area contributed by atoms with E-state index in [1.165, 1.54) is 13.4 Å². The van der Waals surface area contributed by atoms with Crippen LogP contribution in [-0.2, 0) is 6.42 Å². The Kier molecular flexibility index (Phi) is 5.54. The Morgan fingerprint density at radius 1 is 1.50 bits per heavy atom. The Bertz CT molecular complexity index is 421. The molecule has 0 saturated carbocycles. The zero-order chi connectivity index (χ0) is 13.5. The first-order valence-electron chi connectivity index (χ1n) is 5.69. The van der Waals surface area contributed by atoms with Crippen LogP contribution in [0, 0.1) is 11.7 Å². The minimum atomic E-state index is -0.360. The van der Waals surface area contributed by atoms with Gasteiger partial charge in [0.15, 0.2) is 11.6 Å². The number of rotatable bonds is 6. The van der Waals surface area contributed by atoms with Gasteiger partial charge in [-0.15, -0.1) is 0 Å². The molecule has 0 unspecified atom stereocenters. The molecular formula is C12H19FN4O. The predicted molar refractivity (Wildman–Crippen MR) is 70.1 cm³/mol. The summed E-state index contributed by atoms with van der Waals surface area (Å²) in [5.74, 6) is 5.23. The molecule has 0 aromatic heterocycles. The zero-order valence-electron chi connectivity index (χ0n) is 10.8. The van der Waals surface area contributed by atoms with E-state index in [1.807, 2.05) is 13.8 Å². The average molecular weight is 254 g/mol. The minimum absolute atomic E-state index is 0.231. The molecule has 0 heterocycles. The second-order valence-corrected chi connectivity index (χ2v) is 4.22. The van der Waals surface area contributed by atoms with Crippen molar-refractivity contribution < 1.29 is 9.13 Å². The van der Waals surface area contributed by atoms with Gasteiger partial charge in [-0.2, -0.15) is 5.53 Å². The second-order valence-electron chi connectivity index (χ2n) is 4.22. The second kappa shape index (κ2) is 6.93. The molecule has 1 aromatic rings. The highest BCUT2D eigenvalue weighted by Crippen LogP contribution is 2.30. The van der Waals surface area contributed by atoms with Crippen LogP contribution >= 0.6 is 0 Å². The molecule has 0 saturated heterocycles. The van der Waals surface area contributed by atoms with Crippen LogP contribution in [0.25, 0.3) is 0 Å². The smallest absolute Gasteiger partial charge is 0.170 e. The molecule has 6 heteroatoms. The highest BCUT2D eigenvalue weighted by atomic mass is 19.1. The number of nitrogens with one attached hydrogen (secondary N) is 2. The van der Waals surface area contributed by atoms with E-state index in [0.717, 1.165) is 0 Å². The van der Waals surface area contributed by atoms with Gasteiger partial charge in [0.1, 0.15) is 6.34 Å². The van der Waals surface area contributed by atoms with E-state index in [9.17, 15) is 4.39 Å². The third-order valence-corrected chi connectivity index (χ3v) is 2.37. The minimum Gasteiger partial charge on any atom is -0.494 e. The Morgan fingerprint density at radius 3 is 2.78 bits per heavy atom. The van der Waals surface area contributed by atoms with Gasteiger partial charge in [-0.3, -0.25) is 11.3 Å². The molecule has 0 radical (unpaired) electrons. The lowest BCUT2D eigenvalue weighted by atomic mass is 10.0. The SMILES string of the molecule is COc1ccc(N=CNNN)c(CC(C)C)c1F. The molecule has 1 aromatic carbocycles. The fraction of sp³-hybridized carbons (Fsp3) is 0.417. The first-order chi connectivity index (χ1) is 8.60. The van der Waals surface area contributed by atoms with Crippen molar-refractivity contribution in [1.29, 1.82) is 0 Å². The lowest BCUT2D eigenvalue weighted by Gasteiger charge is -2.12. The number of hydrogen-bond acceptors (Lipinski definition) is 4. The van der Waals surface area contributed by atoms with Gasteiger partial charge in [0.25, 0.3) is 0 Å². The molecule has 0 aliphatic heterocycles. The number of hydrogen-bond donors (Lipinski definition) is 3. The molecule has 4 N–H and O–H groups in total. The number of benzene rings is 1. The van der Waals surface area contributed by atoms with Crippen molar-refractivity contribution in [2.45, 2.75) is 20.3 Å². The van der Waals surface area contributed by atoms with Crippen LogP contribution in [0.3, 0.4) is 0 Å². The third-order valence-electron chi connectivity index (χ3n) is 2.37. The molecule has 0 spiro atoms. The molecule has 0 amide bonds. The van der Waals surface area contributed by atoms with E-state index in [0.29, 0.717) is 23.6 Å². The van der Waals surface area contributed by atoms with Crippen LogP contribution in [-0.4, -0.2) is 13.4 Å². The van der Waals surface area contributed by atoms with Gasteiger partial charge in [0.2, 0.25) is 0 Å². The summed E-state index contributed by atoms with van der Waals surface area (Å²) in [6, 6.07) is 3.27. The zero-order valence-corrected chi connectivity index (χ0v) is 10.8. The maximum absolute atomic E-state index is 14.1. The fourth-order valence-corrected chi connectivity index (χ4v) is 1.61. The summed E-state index contributed by atoms with van der Waals surface area (Å²) in [4.78, 5) is 4.11. The number of halogens is 1. The van der Waals surface area contributed by atoms with E-state index < -0.39 is 0 Å². The van der Waals surface area contributed by atoms with E-state index in [-0.39, 0.29) is 11.6 Å². The molecule has 5 nitrogen and oxygen atoms in total. The van der Waals surface area contributed by atoms with Crippen LogP contribution in [0.15, 0.2) is 17.1 Å². The van der Waals surface area contributed by atoms with Crippen molar-refractivity contribution in [3.63, 3.8) is 0 Å². The highest BCUT2D eigenvalue weighted by Gasteiger charge is 2.14. The predicted octanol–water partition coefficient (Wildman–Crippen LogP) is 1.66. The number of nitrogens with zero attached hydrogens (tertiary/aromatic N) is 1. The van der Waals surface area contributed by atoms with Crippen LogP contribution in [0.5, 0.6) is 5.75 Å². The van der Waals surface area contributed by atoms with Gasteiger partial charge in [0, 0.05) is 5.56 Å². The third kappa shape index (κ3) is 3.68. The van der Waals surface area contributed by atoms with Crippen LogP contribution in [0.2, 0.25) is 0 Å². The van der Waals surface area contributed by atoms with Crippen molar-refractivity contribution >= 4 is 12.0 Å². The molecule has 0 aliphatic carbocycles. The Morgan fingerprint density at radius 2 is 2.22 bits per heavy atom. The van der Waals surface area contributed by atoms with Gasteiger partial charge in [-0.05, 0) is 24.5 Å². The first kappa shape index (κ1) is 14.4. The van der Waals surface area contributed by atoms with E-state index in [1.54, 1.807) is 12.1 Å². The summed E-state index contributed by atoms with van der Waals surface area (Å²) in [5.41, 5.74) is 5.83. The monoisotopic (exact) mass is 254 g/mol. The van der Waals surface area contributed by atoms with Gasteiger partial charge in [0.05, 0.1) is 12.8 Å². The van der Waals surface area contributed by atoms with Gasteiger partial charge in [-0.25, -0.2) is 9.38 Å². The Hall–Kier alpha value is -1.66. The van der Waals surface area contributed by atoms with E-state index in [4.69, 9.17) is 10.6 Å². The number of aliphatic imine (C=N–C) groups is 1. The average Bonchev–Trinajstić information content (AvgIpc) is 2.33. The van der Waals surface area contributed by atoms with Crippen LogP contribution < -0.4 is 21.5 Å². The molecule has 100 valence electrons. The summed E-state index contributed by atoms with van der Waals surface area (Å²) in [7, 11) is 1.44. The Balaban J connectivity index is 3.11. The number of methoxy groups -OCH3 is 1. The summed E-state index contributed by atoms with van der Waals surface area (Å²) >= 11 is 0. The lowest BCUT2D eigenvalue weighted by Crippen LogP contribution is -2.36. The van der Waals surface area contributed by atoms with Crippen molar-refractivity contribution in [3.05, 3.63) is 23.5 Å².